The van der Waals surface area contributed by atoms with E-state index in [9.17, 15) is 14.7 Å². The molecule has 0 bridgehead atoms. The van der Waals surface area contributed by atoms with Gasteiger partial charge < -0.3 is 43.0 Å². The molecule has 2 aliphatic heterocycles. The molecule has 2 aromatic rings. The summed E-state index contributed by atoms with van der Waals surface area (Å²) in [7, 11) is 0.900. The third-order valence-corrected chi connectivity index (χ3v) is 16.2. The molecule has 3 atom stereocenters. The number of nitrogens with zero attached hydrogens (tertiary/aromatic N) is 2. The summed E-state index contributed by atoms with van der Waals surface area (Å²) in [5.74, 6) is 1.08. The van der Waals surface area contributed by atoms with Gasteiger partial charge in [-0.25, -0.2) is 4.79 Å². The molecule has 4 rings (SSSR count). The minimum absolute atomic E-state index is 0.00306. The summed E-state index contributed by atoms with van der Waals surface area (Å²) in [6.07, 6.45) is -0.416. The lowest BCUT2D eigenvalue weighted by Gasteiger charge is -2.50. The maximum Gasteiger partial charge on any atom is 0.407 e. The van der Waals surface area contributed by atoms with Gasteiger partial charge in [0.25, 0.3) is 5.91 Å². The van der Waals surface area contributed by atoms with Crippen LogP contribution >= 0.6 is 0 Å². The highest BCUT2D eigenvalue weighted by atomic mass is 28.4. The maximum absolute atomic E-state index is 12.8. The minimum atomic E-state index is -2.42. The fourth-order valence-corrected chi connectivity index (χ4v) is 13.4. The van der Waals surface area contributed by atoms with E-state index >= 15 is 0 Å². The first-order chi connectivity index (χ1) is 23.9. The van der Waals surface area contributed by atoms with Gasteiger partial charge in [-0.05, 0) is 58.4 Å². The molecule has 0 spiro atoms. The number of hydrogen-bond acceptors (Lipinski definition) is 8. The molecule has 2 aromatic carbocycles. The highest BCUT2D eigenvalue weighted by Gasteiger charge is 2.51. The normalized spacial score (nSPS) is 19.7. The van der Waals surface area contributed by atoms with Crippen molar-refractivity contribution in [2.45, 2.75) is 95.7 Å². The second kappa shape index (κ2) is 18.4. The van der Waals surface area contributed by atoms with Gasteiger partial charge in [0, 0.05) is 52.9 Å². The third-order valence-electron chi connectivity index (χ3n) is 10.1. The van der Waals surface area contributed by atoms with E-state index in [2.05, 4.69) is 53.7 Å². The minimum Gasteiger partial charge on any atom is -0.494 e. The third kappa shape index (κ3) is 9.38. The lowest BCUT2D eigenvalue weighted by atomic mass is 9.84. The van der Waals surface area contributed by atoms with Crippen LogP contribution in [0.2, 0.25) is 16.6 Å². The van der Waals surface area contributed by atoms with Crippen LogP contribution in [0.15, 0.2) is 42.5 Å². The Kier molecular flexibility index (Phi) is 14.6. The first kappa shape index (κ1) is 39.6. The van der Waals surface area contributed by atoms with Crippen molar-refractivity contribution in [3.63, 3.8) is 0 Å². The van der Waals surface area contributed by atoms with Crippen LogP contribution in [0.3, 0.4) is 0 Å². The molecule has 0 aliphatic carbocycles. The number of rotatable bonds is 18. The Hall–Kier alpha value is -3.16. The summed E-state index contributed by atoms with van der Waals surface area (Å²) in [6, 6.07) is 13.8. The Morgan fingerprint density at radius 3 is 2.16 bits per heavy atom. The SMILES string of the molecule is COCCCOc1ccc([C@@H]2[C@@H](OCc3ccc4c(c3)N(CCCOC)C(=O)CO4)CN(C(=O)O)C[C@H]2O[Si](C(C)C)(C(C)C)C(C)C)cc1. The largest absolute Gasteiger partial charge is 0.494 e. The molecule has 1 N–H and O–H groups in total. The van der Waals surface area contributed by atoms with Crippen molar-refractivity contribution in [2.24, 2.45) is 0 Å². The summed E-state index contributed by atoms with van der Waals surface area (Å²) in [5.41, 5.74) is 3.53. The van der Waals surface area contributed by atoms with Crippen LogP contribution in [-0.4, -0.2) is 103 Å². The second-order valence-corrected chi connectivity index (χ2v) is 19.7. The molecular formula is C38H58N2O9Si. The van der Waals surface area contributed by atoms with Crippen LogP contribution in [0.1, 0.15) is 71.4 Å². The topological polar surface area (TPSA) is 116 Å². The van der Waals surface area contributed by atoms with Crippen LogP contribution in [0, 0.1) is 0 Å². The molecule has 0 radical (unpaired) electrons. The number of carbonyl (C=O) groups is 2. The van der Waals surface area contributed by atoms with Crippen LogP contribution in [0.25, 0.3) is 0 Å². The van der Waals surface area contributed by atoms with Crippen molar-refractivity contribution in [2.75, 3.05) is 65.2 Å². The number of carboxylic acid groups (broad SMARTS) is 1. The van der Waals surface area contributed by atoms with Gasteiger partial charge in [0.15, 0.2) is 6.61 Å². The monoisotopic (exact) mass is 714 g/mol. The second-order valence-electron chi connectivity index (χ2n) is 14.3. The van der Waals surface area contributed by atoms with E-state index in [4.69, 9.17) is 28.1 Å². The number of piperidine rings is 1. The summed E-state index contributed by atoms with van der Waals surface area (Å²) < 4.78 is 36.2. The quantitative estimate of drug-likeness (QED) is 0.128. The first-order valence-electron chi connectivity index (χ1n) is 18.0. The van der Waals surface area contributed by atoms with Crippen molar-refractivity contribution < 1.29 is 42.8 Å². The first-order valence-corrected chi connectivity index (χ1v) is 20.1. The van der Waals surface area contributed by atoms with Crippen LogP contribution in [0.5, 0.6) is 11.5 Å². The number of hydrogen-bond donors (Lipinski definition) is 1. The molecule has 0 saturated carbocycles. The summed E-state index contributed by atoms with van der Waals surface area (Å²) in [4.78, 5) is 28.6. The Morgan fingerprint density at radius 2 is 1.54 bits per heavy atom. The van der Waals surface area contributed by atoms with Gasteiger partial charge in [-0.3, -0.25) is 4.79 Å². The van der Waals surface area contributed by atoms with Gasteiger partial charge in [-0.15, -0.1) is 0 Å². The number of carbonyl (C=O) groups excluding carboxylic acids is 1. The molecule has 0 aromatic heterocycles. The van der Waals surface area contributed by atoms with Crippen molar-refractivity contribution in [1.82, 2.24) is 4.90 Å². The molecule has 278 valence electrons. The fraction of sp³-hybridized carbons (Fsp3) is 0.632. The zero-order chi connectivity index (χ0) is 36.4. The molecule has 1 saturated heterocycles. The van der Waals surface area contributed by atoms with Gasteiger partial charge in [0.05, 0.1) is 37.7 Å². The molecule has 12 heteroatoms. The standard InChI is InChI=1S/C38H58N2O9Si/c1-26(2)50(27(3)4,28(5)6)49-35-23-39(38(42)43)22-34(37(35)30-12-14-31(15-13-30)46-20-10-19-45-8)47-24-29-11-16-33-32(21-29)40(17-9-18-44-7)36(41)25-48-33/h11-16,21,26-28,34-35,37H,9-10,17-20,22-25H2,1-8H3,(H,42,43)/t34-,35+,37+/m0/s1. The maximum atomic E-state index is 12.8. The number of methoxy groups -OCH3 is 2. The Labute approximate surface area is 299 Å². The fourth-order valence-electron chi connectivity index (χ4n) is 7.83. The van der Waals surface area contributed by atoms with Crippen molar-refractivity contribution in [3.05, 3.63) is 53.6 Å². The molecule has 50 heavy (non-hydrogen) atoms. The van der Waals surface area contributed by atoms with E-state index in [1.54, 1.807) is 19.1 Å². The zero-order valence-corrected chi connectivity index (χ0v) is 32.2. The Morgan fingerprint density at radius 1 is 0.900 bits per heavy atom. The number of amides is 2. The van der Waals surface area contributed by atoms with E-state index in [0.717, 1.165) is 23.3 Å². The number of anilines is 1. The molecule has 11 nitrogen and oxygen atoms in total. The molecule has 1 fully saturated rings. The molecule has 2 aliphatic rings. The average molecular weight is 715 g/mol. The van der Waals surface area contributed by atoms with Crippen LogP contribution in [0.4, 0.5) is 10.5 Å². The van der Waals surface area contributed by atoms with Crippen molar-refractivity contribution >= 4 is 26.0 Å². The van der Waals surface area contributed by atoms with Gasteiger partial charge >= 0.3 is 6.09 Å². The van der Waals surface area contributed by atoms with Crippen LogP contribution < -0.4 is 14.4 Å². The number of ether oxygens (including phenoxy) is 5. The lowest BCUT2D eigenvalue weighted by molar-refractivity contribution is -0.121. The van der Waals surface area contributed by atoms with Gasteiger partial charge in [-0.1, -0.05) is 59.7 Å². The molecule has 2 amide bonds. The summed E-state index contributed by atoms with van der Waals surface area (Å²) in [5, 5.41) is 10.3. The number of likely N-dealkylation sites (tertiary alicyclic amines) is 1. The molecule has 0 unspecified atom stereocenters. The summed E-state index contributed by atoms with van der Waals surface area (Å²) >= 11 is 0. The van der Waals surface area contributed by atoms with E-state index in [1.165, 1.54) is 4.90 Å². The van der Waals surface area contributed by atoms with E-state index < -0.39 is 26.6 Å². The van der Waals surface area contributed by atoms with Gasteiger partial charge in [0.2, 0.25) is 8.32 Å². The Bertz CT molecular complexity index is 1370. The smallest absolute Gasteiger partial charge is 0.407 e. The van der Waals surface area contributed by atoms with Gasteiger partial charge in [-0.2, -0.15) is 0 Å². The van der Waals surface area contributed by atoms with Crippen molar-refractivity contribution in [3.8, 4) is 11.5 Å². The van der Waals surface area contributed by atoms with Gasteiger partial charge in [0.1, 0.15) is 11.5 Å². The average Bonchev–Trinajstić information content (AvgIpc) is 3.08. The van der Waals surface area contributed by atoms with E-state index in [-0.39, 0.29) is 38.1 Å². The van der Waals surface area contributed by atoms with Crippen LogP contribution in [-0.2, 0) is 30.0 Å². The zero-order valence-electron chi connectivity index (χ0n) is 31.2. The highest BCUT2D eigenvalue weighted by molar-refractivity contribution is 6.77. The predicted octanol–water partition coefficient (Wildman–Crippen LogP) is 7.09. The van der Waals surface area contributed by atoms with E-state index in [0.29, 0.717) is 60.8 Å². The predicted molar refractivity (Wildman–Crippen MR) is 196 cm³/mol. The lowest BCUT2D eigenvalue weighted by Crippen LogP contribution is -2.59. The molecular weight excluding hydrogens is 657 g/mol. The Balaban J connectivity index is 1.68. The van der Waals surface area contributed by atoms with Crippen molar-refractivity contribution in [1.29, 1.82) is 0 Å². The van der Waals surface area contributed by atoms with E-state index in [1.807, 2.05) is 30.3 Å². The number of benzene rings is 2. The number of fused-ring (bicyclic) bond motifs is 1. The molecule has 2 heterocycles. The highest BCUT2D eigenvalue weighted by Crippen LogP contribution is 2.46. The summed E-state index contributed by atoms with van der Waals surface area (Å²) in [6.45, 7) is 16.4.